The maximum atomic E-state index is 13.4. The summed E-state index contributed by atoms with van der Waals surface area (Å²) in [4.78, 5) is 15.9. The second-order valence-electron chi connectivity index (χ2n) is 11.6. The second-order valence-corrected chi connectivity index (χ2v) is 11.6. The Kier molecular flexibility index (Phi) is 9.58. The first kappa shape index (κ1) is 29.5. The summed E-state index contributed by atoms with van der Waals surface area (Å²) in [5, 5.41) is 4.38. The van der Waals surface area contributed by atoms with Gasteiger partial charge in [0.1, 0.15) is 18.1 Å². The van der Waals surface area contributed by atoms with Crippen LogP contribution in [0.5, 0.6) is 11.5 Å². The summed E-state index contributed by atoms with van der Waals surface area (Å²) in [7, 11) is 1.69. The summed E-state index contributed by atoms with van der Waals surface area (Å²) in [6, 6.07) is 35.1. The van der Waals surface area contributed by atoms with Gasteiger partial charge in [0.25, 0.3) is 0 Å². The molecule has 0 unspecified atom stereocenters. The van der Waals surface area contributed by atoms with Crippen molar-refractivity contribution in [2.24, 2.45) is 0 Å². The van der Waals surface area contributed by atoms with Gasteiger partial charge in [-0.25, -0.2) is 0 Å². The van der Waals surface area contributed by atoms with Gasteiger partial charge in [-0.3, -0.25) is 4.79 Å². The van der Waals surface area contributed by atoms with Gasteiger partial charge in [-0.15, -0.1) is 0 Å². The van der Waals surface area contributed by atoms with Crippen LogP contribution in [0.2, 0.25) is 0 Å². The third-order valence-corrected chi connectivity index (χ3v) is 8.58. The molecule has 6 heteroatoms. The van der Waals surface area contributed by atoms with Gasteiger partial charge >= 0.3 is 0 Å². The summed E-state index contributed by atoms with van der Waals surface area (Å²) in [5.41, 5.74) is 5.72. The maximum Gasteiger partial charge on any atom is 0.220 e. The Labute approximate surface area is 260 Å². The Morgan fingerprint density at radius 2 is 1.52 bits per heavy atom. The third kappa shape index (κ3) is 7.32. The maximum absolute atomic E-state index is 13.4. The van der Waals surface area contributed by atoms with Crippen molar-refractivity contribution in [1.82, 2.24) is 14.8 Å². The molecule has 44 heavy (non-hydrogen) atoms. The molecule has 1 amide bonds. The van der Waals surface area contributed by atoms with E-state index in [9.17, 15) is 4.79 Å². The predicted molar refractivity (Wildman–Crippen MR) is 176 cm³/mol. The molecule has 2 heterocycles. The average Bonchev–Trinajstić information content (AvgIpc) is 3.72. The molecular weight excluding hydrogens is 546 g/mol. The molecule has 0 spiro atoms. The van der Waals surface area contributed by atoms with Crippen LogP contribution in [0.4, 0.5) is 0 Å². The molecule has 0 bridgehead atoms. The van der Waals surface area contributed by atoms with Crippen molar-refractivity contribution in [2.45, 2.75) is 38.3 Å². The quantitative estimate of drug-likeness (QED) is 0.161. The third-order valence-electron chi connectivity index (χ3n) is 8.58. The lowest BCUT2D eigenvalue weighted by molar-refractivity contribution is -0.121. The molecule has 1 aliphatic rings. The van der Waals surface area contributed by atoms with E-state index in [2.05, 4.69) is 81.6 Å². The number of nitrogens with one attached hydrogen (secondary N) is 1. The zero-order valence-corrected chi connectivity index (χ0v) is 25.5. The molecule has 1 aromatic heterocycles. The highest BCUT2D eigenvalue weighted by Crippen LogP contribution is 2.36. The second kappa shape index (κ2) is 14.3. The number of hydrogen-bond acceptors (Lipinski definition) is 4. The molecule has 4 aromatic carbocycles. The predicted octanol–water partition coefficient (Wildman–Crippen LogP) is 7.01. The Bertz CT molecular complexity index is 1640. The van der Waals surface area contributed by atoms with Crippen LogP contribution < -0.4 is 14.8 Å². The van der Waals surface area contributed by atoms with Gasteiger partial charge in [0.05, 0.1) is 7.11 Å². The molecule has 1 atom stereocenters. The zero-order chi connectivity index (χ0) is 30.1. The molecule has 0 saturated carbocycles. The number of nitrogens with zero attached hydrogens (tertiary/aromatic N) is 2. The highest BCUT2D eigenvalue weighted by molar-refractivity contribution is 5.87. The Morgan fingerprint density at radius 1 is 0.818 bits per heavy atom. The number of para-hydroxylation sites is 1. The molecule has 6 rings (SSSR count). The first-order valence-corrected chi connectivity index (χ1v) is 15.6. The van der Waals surface area contributed by atoms with Crippen molar-refractivity contribution in [1.29, 1.82) is 0 Å². The van der Waals surface area contributed by atoms with Crippen LogP contribution in [-0.2, 0) is 17.9 Å². The minimum absolute atomic E-state index is 0.0746. The van der Waals surface area contributed by atoms with E-state index in [0.29, 0.717) is 19.6 Å². The molecule has 0 radical (unpaired) electrons. The van der Waals surface area contributed by atoms with Gasteiger partial charge in [-0.2, -0.15) is 0 Å². The largest absolute Gasteiger partial charge is 0.497 e. The first-order chi connectivity index (χ1) is 21.7. The first-order valence-electron chi connectivity index (χ1n) is 15.6. The zero-order valence-electron chi connectivity index (χ0n) is 25.5. The van der Waals surface area contributed by atoms with Crippen LogP contribution in [0.1, 0.15) is 47.4 Å². The van der Waals surface area contributed by atoms with Gasteiger partial charge in [-0.05, 0) is 78.5 Å². The molecule has 5 aromatic rings. The van der Waals surface area contributed by atoms with Gasteiger partial charge in [-0.1, -0.05) is 72.8 Å². The standard InChI is InChI=1S/C38H41N3O3/c1-43-32-17-13-29(14-18-32)26-41-27-36(34-11-5-6-12-37(34)41)35(25-38(42)39-21-24-40-22-7-8-23-40)31-15-19-33(20-16-31)44-28-30-9-3-2-4-10-30/h2-6,9-20,27,35H,7-8,21-26,28H2,1H3,(H,39,42)/t35-/m1/s1. The number of amides is 1. The van der Waals surface area contributed by atoms with Crippen molar-refractivity contribution in [3.8, 4) is 11.5 Å². The lowest BCUT2D eigenvalue weighted by atomic mass is 9.88. The highest BCUT2D eigenvalue weighted by Gasteiger charge is 2.23. The lowest BCUT2D eigenvalue weighted by Crippen LogP contribution is -2.34. The number of carbonyl (C=O) groups excluding carboxylic acids is 1. The molecule has 0 aliphatic carbocycles. The van der Waals surface area contributed by atoms with E-state index in [1.807, 2.05) is 42.5 Å². The van der Waals surface area contributed by atoms with Crippen LogP contribution in [0.3, 0.4) is 0 Å². The SMILES string of the molecule is COc1ccc(Cn2cc([C@H](CC(=O)NCCN3CCCC3)c3ccc(OCc4ccccc4)cc3)c3ccccc32)cc1. The Morgan fingerprint density at radius 3 is 2.27 bits per heavy atom. The minimum Gasteiger partial charge on any atom is -0.497 e. The highest BCUT2D eigenvalue weighted by atomic mass is 16.5. The van der Waals surface area contributed by atoms with E-state index in [-0.39, 0.29) is 11.8 Å². The fraction of sp³-hybridized carbons (Fsp3) is 0.289. The molecule has 1 fully saturated rings. The minimum atomic E-state index is -0.105. The van der Waals surface area contributed by atoms with Gasteiger partial charge < -0.3 is 24.3 Å². The number of methoxy groups -OCH3 is 1. The summed E-state index contributed by atoms with van der Waals surface area (Å²) in [6.07, 6.45) is 5.11. The molecule has 1 saturated heterocycles. The number of aromatic nitrogens is 1. The Balaban J connectivity index is 1.26. The molecule has 6 nitrogen and oxygen atoms in total. The number of rotatable bonds is 13. The van der Waals surface area contributed by atoms with Crippen LogP contribution in [0.25, 0.3) is 10.9 Å². The van der Waals surface area contributed by atoms with Crippen LogP contribution in [0, 0.1) is 0 Å². The fourth-order valence-electron chi connectivity index (χ4n) is 6.17. The van der Waals surface area contributed by atoms with Crippen molar-refractivity contribution >= 4 is 16.8 Å². The average molecular weight is 588 g/mol. The van der Waals surface area contributed by atoms with Crippen molar-refractivity contribution in [3.05, 3.63) is 132 Å². The number of carbonyl (C=O) groups is 1. The normalized spacial score (nSPS) is 14.0. The van der Waals surface area contributed by atoms with Crippen LogP contribution >= 0.6 is 0 Å². The van der Waals surface area contributed by atoms with Crippen molar-refractivity contribution in [3.63, 3.8) is 0 Å². The van der Waals surface area contributed by atoms with E-state index < -0.39 is 0 Å². The van der Waals surface area contributed by atoms with Crippen molar-refractivity contribution < 1.29 is 14.3 Å². The summed E-state index contributed by atoms with van der Waals surface area (Å²) in [6.45, 7) is 5.09. The number of hydrogen-bond donors (Lipinski definition) is 1. The van der Waals surface area contributed by atoms with Gasteiger partial charge in [0.15, 0.2) is 0 Å². The fourth-order valence-corrected chi connectivity index (χ4v) is 6.17. The number of ether oxygens (including phenoxy) is 2. The molecule has 1 aliphatic heterocycles. The Hall–Kier alpha value is -4.55. The smallest absolute Gasteiger partial charge is 0.220 e. The number of likely N-dealkylation sites (tertiary alicyclic amines) is 1. The van der Waals surface area contributed by atoms with Gasteiger partial charge in [0, 0.05) is 49.1 Å². The van der Waals surface area contributed by atoms with Crippen LogP contribution in [0.15, 0.2) is 109 Å². The van der Waals surface area contributed by atoms with E-state index >= 15 is 0 Å². The van der Waals surface area contributed by atoms with E-state index in [1.54, 1.807) is 7.11 Å². The molecule has 1 N–H and O–H groups in total. The van der Waals surface area contributed by atoms with E-state index in [4.69, 9.17) is 9.47 Å². The topological polar surface area (TPSA) is 55.7 Å². The van der Waals surface area contributed by atoms with E-state index in [1.165, 1.54) is 23.8 Å². The number of benzene rings is 4. The van der Waals surface area contributed by atoms with Gasteiger partial charge in [0.2, 0.25) is 5.91 Å². The lowest BCUT2D eigenvalue weighted by Gasteiger charge is -2.19. The monoisotopic (exact) mass is 587 g/mol. The van der Waals surface area contributed by atoms with E-state index in [0.717, 1.165) is 59.9 Å². The number of fused-ring (bicyclic) bond motifs is 1. The summed E-state index contributed by atoms with van der Waals surface area (Å²) < 4.78 is 13.7. The summed E-state index contributed by atoms with van der Waals surface area (Å²) in [5.74, 6) is 1.63. The summed E-state index contributed by atoms with van der Waals surface area (Å²) >= 11 is 0. The molecular formula is C38H41N3O3. The van der Waals surface area contributed by atoms with Crippen molar-refractivity contribution in [2.75, 3.05) is 33.3 Å². The van der Waals surface area contributed by atoms with Crippen LogP contribution in [-0.4, -0.2) is 48.7 Å². The molecule has 226 valence electrons.